The molecule has 0 spiro atoms. The van der Waals surface area contributed by atoms with Crippen molar-refractivity contribution >= 4 is 5.91 Å². The molecule has 1 fully saturated rings. The van der Waals surface area contributed by atoms with Crippen LogP contribution >= 0.6 is 0 Å². The van der Waals surface area contributed by atoms with E-state index >= 15 is 0 Å². The van der Waals surface area contributed by atoms with Crippen molar-refractivity contribution in [1.29, 1.82) is 0 Å². The molecule has 1 amide bonds. The van der Waals surface area contributed by atoms with Crippen molar-refractivity contribution in [2.45, 2.75) is 19.8 Å². The van der Waals surface area contributed by atoms with E-state index in [2.05, 4.69) is 33.0 Å². The lowest BCUT2D eigenvalue weighted by Gasteiger charge is -2.34. The molecule has 1 aromatic heterocycles. The lowest BCUT2D eigenvalue weighted by atomic mass is 9.83. The highest BCUT2D eigenvalue weighted by atomic mass is 16.1. The summed E-state index contributed by atoms with van der Waals surface area (Å²) in [6, 6.07) is 0. The summed E-state index contributed by atoms with van der Waals surface area (Å²) in [5, 5.41) is 16.0. The Kier molecular flexibility index (Phi) is 3.19. The van der Waals surface area contributed by atoms with E-state index in [4.69, 9.17) is 0 Å². The number of rotatable bonds is 3. The van der Waals surface area contributed by atoms with Gasteiger partial charge in [0.1, 0.15) is 0 Å². The highest BCUT2D eigenvalue weighted by molar-refractivity contribution is 5.91. The molecule has 1 aliphatic rings. The fraction of sp³-hybridized carbons (Fsp3) is 0.700. The van der Waals surface area contributed by atoms with E-state index in [0.717, 1.165) is 25.9 Å². The van der Waals surface area contributed by atoms with Gasteiger partial charge in [0, 0.05) is 13.1 Å². The number of carbonyl (C=O) groups is 1. The van der Waals surface area contributed by atoms with Crippen molar-refractivity contribution in [1.82, 2.24) is 26.0 Å². The fourth-order valence-corrected chi connectivity index (χ4v) is 1.96. The van der Waals surface area contributed by atoms with Crippen LogP contribution in [0.2, 0.25) is 0 Å². The molecular weight excluding hydrogens is 206 g/mol. The van der Waals surface area contributed by atoms with Gasteiger partial charge in [-0.1, -0.05) is 6.92 Å². The smallest absolute Gasteiger partial charge is 0.273 e. The van der Waals surface area contributed by atoms with Gasteiger partial charge < -0.3 is 10.6 Å². The molecule has 0 radical (unpaired) electrons. The van der Waals surface area contributed by atoms with E-state index in [9.17, 15) is 4.79 Å². The van der Waals surface area contributed by atoms with Gasteiger partial charge in [0.2, 0.25) is 0 Å². The molecule has 16 heavy (non-hydrogen) atoms. The third-order valence-corrected chi connectivity index (χ3v) is 3.01. The van der Waals surface area contributed by atoms with Crippen LogP contribution in [0.25, 0.3) is 0 Å². The van der Waals surface area contributed by atoms with Gasteiger partial charge in [-0.25, -0.2) is 0 Å². The van der Waals surface area contributed by atoms with Gasteiger partial charge in [-0.3, -0.25) is 4.79 Å². The number of hydrogen-bond donors (Lipinski definition) is 3. The molecule has 0 aromatic carbocycles. The number of nitrogens with one attached hydrogen (secondary N) is 3. The molecule has 2 rings (SSSR count). The van der Waals surface area contributed by atoms with E-state index in [1.807, 2.05) is 0 Å². The number of aromatic nitrogens is 3. The maximum Gasteiger partial charge on any atom is 0.273 e. The van der Waals surface area contributed by atoms with Crippen molar-refractivity contribution in [3.8, 4) is 0 Å². The number of amides is 1. The Balaban J connectivity index is 1.84. The van der Waals surface area contributed by atoms with Gasteiger partial charge in [-0.2, -0.15) is 15.4 Å². The summed E-state index contributed by atoms with van der Waals surface area (Å²) in [6.45, 7) is 4.88. The van der Waals surface area contributed by atoms with Crippen LogP contribution in [-0.4, -0.2) is 41.0 Å². The molecule has 88 valence electrons. The van der Waals surface area contributed by atoms with Gasteiger partial charge in [0.25, 0.3) is 5.91 Å². The molecule has 1 unspecified atom stereocenters. The fourth-order valence-electron chi connectivity index (χ4n) is 1.96. The van der Waals surface area contributed by atoms with Gasteiger partial charge >= 0.3 is 0 Å². The first-order chi connectivity index (χ1) is 7.70. The summed E-state index contributed by atoms with van der Waals surface area (Å²) in [6.07, 6.45) is 3.73. The van der Waals surface area contributed by atoms with Crippen molar-refractivity contribution < 1.29 is 4.79 Å². The minimum Gasteiger partial charge on any atom is -0.350 e. The summed E-state index contributed by atoms with van der Waals surface area (Å²) in [5.41, 5.74) is 0.491. The van der Waals surface area contributed by atoms with Gasteiger partial charge in [0.05, 0.1) is 6.20 Å². The number of aromatic amines is 1. The molecule has 0 aliphatic carbocycles. The molecule has 2 heterocycles. The lowest BCUT2D eigenvalue weighted by Crippen LogP contribution is -2.45. The summed E-state index contributed by atoms with van der Waals surface area (Å²) in [4.78, 5) is 11.6. The van der Waals surface area contributed by atoms with Crippen LogP contribution in [0.5, 0.6) is 0 Å². The Hall–Kier alpha value is -1.43. The third-order valence-electron chi connectivity index (χ3n) is 3.01. The Morgan fingerprint density at radius 3 is 3.19 bits per heavy atom. The molecule has 1 atom stereocenters. The lowest BCUT2D eigenvalue weighted by molar-refractivity contribution is 0.0919. The maximum absolute atomic E-state index is 11.6. The minimum atomic E-state index is -0.166. The van der Waals surface area contributed by atoms with Crippen LogP contribution in [0.4, 0.5) is 0 Å². The summed E-state index contributed by atoms with van der Waals surface area (Å²) in [5.74, 6) is -0.166. The molecule has 1 aromatic rings. The Morgan fingerprint density at radius 2 is 2.56 bits per heavy atom. The van der Waals surface area contributed by atoms with Crippen molar-refractivity contribution in [2.75, 3.05) is 19.6 Å². The topological polar surface area (TPSA) is 82.7 Å². The summed E-state index contributed by atoms with van der Waals surface area (Å²) >= 11 is 0. The van der Waals surface area contributed by atoms with Crippen molar-refractivity contribution in [3.63, 3.8) is 0 Å². The predicted octanol–water partition coefficient (Wildman–Crippen LogP) is -0.0758. The quantitative estimate of drug-likeness (QED) is 0.669. The molecule has 0 saturated carbocycles. The largest absolute Gasteiger partial charge is 0.350 e. The average Bonchev–Trinajstić information content (AvgIpc) is 2.80. The van der Waals surface area contributed by atoms with Crippen molar-refractivity contribution in [2.24, 2.45) is 5.41 Å². The second-order valence-corrected chi connectivity index (χ2v) is 4.63. The number of piperidine rings is 1. The normalized spacial score (nSPS) is 25.3. The van der Waals surface area contributed by atoms with Crippen LogP contribution in [0.15, 0.2) is 6.20 Å². The molecule has 3 N–H and O–H groups in total. The highest BCUT2D eigenvalue weighted by Gasteiger charge is 2.27. The third kappa shape index (κ3) is 2.57. The van der Waals surface area contributed by atoms with Crippen LogP contribution in [0.3, 0.4) is 0 Å². The zero-order chi connectivity index (χ0) is 11.4. The number of carbonyl (C=O) groups excluding carboxylic acids is 1. The van der Waals surface area contributed by atoms with Crippen LogP contribution < -0.4 is 10.6 Å². The Bertz CT molecular complexity index is 342. The standard InChI is InChI=1S/C10H17N5O/c1-10(3-2-4-11-6-10)7-12-9(16)8-5-13-15-14-8/h5,11H,2-4,6-7H2,1H3,(H,12,16)(H,13,14,15). The summed E-state index contributed by atoms with van der Waals surface area (Å²) in [7, 11) is 0. The first kappa shape index (κ1) is 11.1. The first-order valence-corrected chi connectivity index (χ1v) is 5.54. The van der Waals surface area contributed by atoms with Crippen LogP contribution in [-0.2, 0) is 0 Å². The maximum atomic E-state index is 11.6. The molecule has 1 saturated heterocycles. The minimum absolute atomic E-state index is 0.150. The zero-order valence-electron chi connectivity index (χ0n) is 9.42. The van der Waals surface area contributed by atoms with Gasteiger partial charge in [0.15, 0.2) is 5.69 Å². The van der Waals surface area contributed by atoms with Crippen LogP contribution in [0.1, 0.15) is 30.3 Å². The monoisotopic (exact) mass is 223 g/mol. The Labute approximate surface area is 94.2 Å². The average molecular weight is 223 g/mol. The summed E-state index contributed by atoms with van der Waals surface area (Å²) < 4.78 is 0. The van der Waals surface area contributed by atoms with Crippen LogP contribution in [0, 0.1) is 5.41 Å². The second-order valence-electron chi connectivity index (χ2n) is 4.63. The van der Waals surface area contributed by atoms with E-state index < -0.39 is 0 Å². The number of H-pyrrole nitrogens is 1. The first-order valence-electron chi connectivity index (χ1n) is 5.54. The second kappa shape index (κ2) is 4.61. The predicted molar refractivity (Wildman–Crippen MR) is 58.9 cm³/mol. The van der Waals surface area contributed by atoms with Crippen molar-refractivity contribution in [3.05, 3.63) is 11.9 Å². The molecule has 1 aliphatic heterocycles. The SMILES string of the molecule is CC1(CNC(=O)c2cn[nH]n2)CCCNC1. The zero-order valence-corrected chi connectivity index (χ0v) is 9.42. The molecular formula is C10H17N5O. The molecule has 0 bridgehead atoms. The Morgan fingerprint density at radius 1 is 1.69 bits per heavy atom. The van der Waals surface area contributed by atoms with E-state index in [0.29, 0.717) is 12.2 Å². The van der Waals surface area contributed by atoms with E-state index in [1.54, 1.807) is 0 Å². The number of nitrogens with zero attached hydrogens (tertiary/aromatic N) is 2. The number of hydrogen-bond acceptors (Lipinski definition) is 4. The van der Waals surface area contributed by atoms with E-state index in [1.165, 1.54) is 6.20 Å². The molecule has 6 nitrogen and oxygen atoms in total. The van der Waals surface area contributed by atoms with Gasteiger partial charge in [-0.05, 0) is 24.8 Å². The van der Waals surface area contributed by atoms with Gasteiger partial charge in [-0.15, -0.1) is 0 Å². The molecule has 6 heteroatoms. The van der Waals surface area contributed by atoms with E-state index in [-0.39, 0.29) is 11.3 Å². The highest BCUT2D eigenvalue weighted by Crippen LogP contribution is 2.24.